The second-order valence-corrected chi connectivity index (χ2v) is 2.70. The molecule has 66 valence electrons. The quantitative estimate of drug-likeness (QED) is 0.720. The third-order valence-corrected chi connectivity index (χ3v) is 1.54. The first-order valence-electron chi connectivity index (χ1n) is 3.89. The molecule has 0 aliphatic rings. The highest BCUT2D eigenvalue weighted by molar-refractivity contribution is 5.49. The maximum absolute atomic E-state index is 4.09. The Kier molecular flexibility index (Phi) is 1.91. The van der Waals surface area contributed by atoms with Crippen LogP contribution in [0.25, 0.3) is 0 Å². The largest absolute Gasteiger partial charge is 0.321 e. The fourth-order valence-electron chi connectivity index (χ4n) is 0.905. The lowest BCUT2D eigenvalue weighted by Crippen LogP contribution is -1.95. The molecule has 0 saturated heterocycles. The normalized spacial score (nSPS) is 9.92. The van der Waals surface area contributed by atoms with E-state index in [-0.39, 0.29) is 0 Å². The van der Waals surface area contributed by atoms with Crippen molar-refractivity contribution >= 4 is 11.6 Å². The Bertz CT molecular complexity index is 364. The van der Waals surface area contributed by atoms with Gasteiger partial charge in [0.2, 0.25) is 5.95 Å². The van der Waals surface area contributed by atoms with E-state index < -0.39 is 0 Å². The predicted molar refractivity (Wildman–Crippen MR) is 48.6 cm³/mol. The number of nitrogens with one attached hydrogen (secondary N) is 2. The lowest BCUT2D eigenvalue weighted by atomic mass is 10.4. The monoisotopic (exact) mass is 175 g/mol. The molecular formula is C8H9N5. The molecule has 2 rings (SSSR count). The van der Waals surface area contributed by atoms with Crippen molar-refractivity contribution in [1.82, 2.24) is 20.2 Å². The number of anilines is 2. The van der Waals surface area contributed by atoms with Crippen molar-refractivity contribution in [1.29, 1.82) is 0 Å². The maximum Gasteiger partial charge on any atom is 0.227 e. The Labute approximate surface area is 75.2 Å². The SMILES string of the molecule is Cc1cnc(Nc2cn[nH]c2)nc1. The molecule has 0 aromatic carbocycles. The van der Waals surface area contributed by atoms with Gasteiger partial charge in [0.05, 0.1) is 11.9 Å². The van der Waals surface area contributed by atoms with Crippen LogP contribution < -0.4 is 5.32 Å². The molecule has 2 heterocycles. The zero-order chi connectivity index (χ0) is 9.10. The Morgan fingerprint density at radius 2 is 2.00 bits per heavy atom. The average Bonchev–Trinajstić information content (AvgIpc) is 2.62. The third kappa shape index (κ3) is 1.81. The minimum absolute atomic E-state index is 0.576. The van der Waals surface area contributed by atoms with Crippen LogP contribution in [0.4, 0.5) is 11.6 Å². The molecule has 5 nitrogen and oxygen atoms in total. The van der Waals surface area contributed by atoms with E-state index in [0.29, 0.717) is 5.95 Å². The van der Waals surface area contributed by atoms with Crippen molar-refractivity contribution < 1.29 is 0 Å². The van der Waals surface area contributed by atoms with Crippen LogP contribution >= 0.6 is 0 Å². The van der Waals surface area contributed by atoms with Crippen LogP contribution in [0, 0.1) is 6.92 Å². The number of nitrogens with zero attached hydrogens (tertiary/aromatic N) is 3. The topological polar surface area (TPSA) is 66.5 Å². The molecule has 0 unspecified atom stereocenters. The summed E-state index contributed by atoms with van der Waals surface area (Å²) in [6.07, 6.45) is 6.93. The molecule has 0 radical (unpaired) electrons. The molecule has 5 heteroatoms. The van der Waals surface area contributed by atoms with E-state index in [1.807, 2.05) is 6.92 Å². The molecule has 0 amide bonds. The third-order valence-electron chi connectivity index (χ3n) is 1.54. The standard InChI is InChI=1S/C8H9N5/c1-6-2-9-8(10-3-6)13-7-4-11-12-5-7/h2-5H,1H3,(H,11,12)(H,9,10,13). The zero-order valence-electron chi connectivity index (χ0n) is 7.15. The van der Waals surface area contributed by atoms with E-state index in [1.54, 1.807) is 24.8 Å². The van der Waals surface area contributed by atoms with Gasteiger partial charge < -0.3 is 5.32 Å². The Morgan fingerprint density at radius 1 is 1.23 bits per heavy atom. The minimum atomic E-state index is 0.576. The number of rotatable bonds is 2. The van der Waals surface area contributed by atoms with Gasteiger partial charge in [-0.05, 0) is 12.5 Å². The molecule has 0 aliphatic heterocycles. The van der Waals surface area contributed by atoms with Gasteiger partial charge >= 0.3 is 0 Å². The molecule has 0 atom stereocenters. The zero-order valence-corrected chi connectivity index (χ0v) is 7.15. The number of aromatic nitrogens is 4. The van der Waals surface area contributed by atoms with E-state index in [9.17, 15) is 0 Å². The summed E-state index contributed by atoms with van der Waals surface area (Å²) in [7, 11) is 0. The van der Waals surface area contributed by atoms with Gasteiger partial charge in [0, 0.05) is 18.6 Å². The summed E-state index contributed by atoms with van der Waals surface area (Å²) in [5.74, 6) is 0.576. The highest BCUT2D eigenvalue weighted by Gasteiger charge is 1.96. The minimum Gasteiger partial charge on any atom is -0.321 e. The van der Waals surface area contributed by atoms with Crippen molar-refractivity contribution in [3.63, 3.8) is 0 Å². The van der Waals surface area contributed by atoms with Gasteiger partial charge in [-0.1, -0.05) is 0 Å². The van der Waals surface area contributed by atoms with Crippen LogP contribution in [0.2, 0.25) is 0 Å². The van der Waals surface area contributed by atoms with E-state index in [1.165, 1.54) is 0 Å². The number of hydrogen-bond acceptors (Lipinski definition) is 4. The average molecular weight is 175 g/mol. The van der Waals surface area contributed by atoms with Gasteiger partial charge in [0.15, 0.2) is 0 Å². The highest BCUT2D eigenvalue weighted by atomic mass is 15.2. The molecule has 2 aromatic rings. The van der Waals surface area contributed by atoms with Crippen molar-refractivity contribution in [3.05, 3.63) is 30.4 Å². The molecule has 2 aromatic heterocycles. The summed E-state index contributed by atoms with van der Waals surface area (Å²) < 4.78 is 0. The molecule has 13 heavy (non-hydrogen) atoms. The van der Waals surface area contributed by atoms with Gasteiger partial charge in [-0.15, -0.1) is 0 Å². The summed E-state index contributed by atoms with van der Waals surface area (Å²) >= 11 is 0. The van der Waals surface area contributed by atoms with E-state index in [4.69, 9.17) is 0 Å². The van der Waals surface area contributed by atoms with Crippen LogP contribution in [0.1, 0.15) is 5.56 Å². The Balaban J connectivity index is 2.15. The number of aromatic amines is 1. The number of H-pyrrole nitrogens is 1. The fraction of sp³-hybridized carbons (Fsp3) is 0.125. The fourth-order valence-corrected chi connectivity index (χ4v) is 0.905. The summed E-state index contributed by atoms with van der Waals surface area (Å²) in [5.41, 5.74) is 1.89. The molecular weight excluding hydrogens is 166 g/mol. The van der Waals surface area contributed by atoms with E-state index in [0.717, 1.165) is 11.3 Å². The van der Waals surface area contributed by atoms with Crippen LogP contribution in [-0.2, 0) is 0 Å². The second-order valence-electron chi connectivity index (χ2n) is 2.70. The van der Waals surface area contributed by atoms with Crippen molar-refractivity contribution in [2.75, 3.05) is 5.32 Å². The molecule has 0 bridgehead atoms. The number of aryl methyl sites for hydroxylation is 1. The van der Waals surface area contributed by atoms with Gasteiger partial charge in [0.1, 0.15) is 0 Å². The Morgan fingerprint density at radius 3 is 2.62 bits per heavy atom. The van der Waals surface area contributed by atoms with Gasteiger partial charge in [-0.3, -0.25) is 5.10 Å². The van der Waals surface area contributed by atoms with Crippen LogP contribution in [-0.4, -0.2) is 20.2 Å². The molecule has 2 N–H and O–H groups in total. The first-order valence-corrected chi connectivity index (χ1v) is 3.89. The smallest absolute Gasteiger partial charge is 0.227 e. The van der Waals surface area contributed by atoms with Crippen LogP contribution in [0.5, 0.6) is 0 Å². The van der Waals surface area contributed by atoms with Gasteiger partial charge in [-0.2, -0.15) is 5.10 Å². The summed E-state index contributed by atoms with van der Waals surface area (Å²) in [6, 6.07) is 0. The maximum atomic E-state index is 4.09. The van der Waals surface area contributed by atoms with Crippen molar-refractivity contribution in [3.8, 4) is 0 Å². The lowest BCUT2D eigenvalue weighted by Gasteiger charge is -1.99. The lowest BCUT2D eigenvalue weighted by molar-refractivity contribution is 1.09. The summed E-state index contributed by atoms with van der Waals surface area (Å²) in [6.45, 7) is 1.95. The molecule has 0 spiro atoms. The van der Waals surface area contributed by atoms with Gasteiger partial charge in [-0.25, -0.2) is 9.97 Å². The summed E-state index contributed by atoms with van der Waals surface area (Å²) in [5, 5.41) is 9.48. The molecule has 0 fully saturated rings. The Hall–Kier alpha value is -1.91. The van der Waals surface area contributed by atoms with Crippen molar-refractivity contribution in [2.45, 2.75) is 6.92 Å². The van der Waals surface area contributed by atoms with Crippen molar-refractivity contribution in [2.24, 2.45) is 0 Å². The summed E-state index contributed by atoms with van der Waals surface area (Å²) in [4.78, 5) is 8.18. The van der Waals surface area contributed by atoms with Crippen LogP contribution in [0.3, 0.4) is 0 Å². The first kappa shape index (κ1) is 7.72. The van der Waals surface area contributed by atoms with E-state index >= 15 is 0 Å². The molecule has 0 saturated carbocycles. The van der Waals surface area contributed by atoms with E-state index in [2.05, 4.69) is 25.5 Å². The highest BCUT2D eigenvalue weighted by Crippen LogP contribution is 2.08. The first-order chi connectivity index (χ1) is 6.34. The second kappa shape index (κ2) is 3.22. The van der Waals surface area contributed by atoms with Crippen LogP contribution in [0.15, 0.2) is 24.8 Å². The van der Waals surface area contributed by atoms with Gasteiger partial charge in [0.25, 0.3) is 0 Å². The molecule has 0 aliphatic carbocycles. The number of hydrogen-bond donors (Lipinski definition) is 2. The predicted octanol–water partition coefficient (Wildman–Crippen LogP) is 1.25.